The molecule has 17 heavy (non-hydrogen) atoms. The van der Waals surface area contributed by atoms with E-state index in [4.69, 9.17) is 17.3 Å². The van der Waals surface area contributed by atoms with Gasteiger partial charge in [0.25, 0.3) is 0 Å². The Morgan fingerprint density at radius 3 is 2.47 bits per heavy atom. The van der Waals surface area contributed by atoms with Crippen molar-refractivity contribution in [2.45, 2.75) is 13.8 Å². The summed E-state index contributed by atoms with van der Waals surface area (Å²) in [5, 5.41) is 3.78. The molecule has 0 aliphatic rings. The van der Waals surface area contributed by atoms with E-state index in [1.165, 1.54) is 0 Å². The molecule has 0 saturated heterocycles. The van der Waals surface area contributed by atoms with E-state index in [2.05, 4.69) is 10.3 Å². The van der Waals surface area contributed by atoms with Crippen LogP contribution in [0.4, 0.5) is 17.2 Å². The minimum atomic E-state index is 0.537. The van der Waals surface area contributed by atoms with Gasteiger partial charge >= 0.3 is 0 Å². The number of rotatable bonds is 2. The number of hydrogen-bond acceptors (Lipinski definition) is 3. The topological polar surface area (TPSA) is 50.9 Å². The van der Waals surface area contributed by atoms with E-state index < -0.39 is 0 Å². The van der Waals surface area contributed by atoms with E-state index in [1.54, 1.807) is 12.3 Å². The highest BCUT2D eigenvalue weighted by atomic mass is 35.5. The summed E-state index contributed by atoms with van der Waals surface area (Å²) >= 11 is 5.81. The lowest BCUT2D eigenvalue weighted by Crippen LogP contribution is -2.01. The van der Waals surface area contributed by atoms with Gasteiger partial charge in [0.15, 0.2) is 5.82 Å². The van der Waals surface area contributed by atoms with E-state index in [9.17, 15) is 0 Å². The van der Waals surface area contributed by atoms with Gasteiger partial charge < -0.3 is 11.1 Å². The van der Waals surface area contributed by atoms with E-state index in [-0.39, 0.29) is 0 Å². The molecular weight excluding hydrogens is 234 g/mol. The zero-order valence-electron chi connectivity index (χ0n) is 9.79. The van der Waals surface area contributed by atoms with Gasteiger partial charge in [-0.3, -0.25) is 0 Å². The maximum absolute atomic E-state index is 5.86. The second kappa shape index (κ2) is 4.63. The van der Waals surface area contributed by atoms with Gasteiger partial charge in [-0.25, -0.2) is 4.98 Å². The standard InChI is InChI=1S/C13H14ClN3/c1-8-4-3-5-9(2)12(8)17-13-11(15)6-10(14)7-16-13/h3-7H,15H2,1-2H3,(H,16,17). The third kappa shape index (κ3) is 2.50. The summed E-state index contributed by atoms with van der Waals surface area (Å²) in [6, 6.07) is 7.79. The molecule has 2 aromatic rings. The Kier molecular flexibility index (Phi) is 3.20. The smallest absolute Gasteiger partial charge is 0.153 e. The van der Waals surface area contributed by atoms with Crippen molar-refractivity contribution in [3.63, 3.8) is 0 Å². The Morgan fingerprint density at radius 1 is 1.24 bits per heavy atom. The van der Waals surface area contributed by atoms with Crippen LogP contribution in [0.5, 0.6) is 0 Å². The second-order valence-corrected chi connectivity index (χ2v) is 4.42. The van der Waals surface area contributed by atoms with Crippen molar-refractivity contribution in [2.75, 3.05) is 11.1 Å². The molecule has 0 saturated carbocycles. The van der Waals surface area contributed by atoms with Crippen molar-refractivity contribution >= 4 is 28.8 Å². The van der Waals surface area contributed by atoms with Gasteiger partial charge in [0.1, 0.15) is 0 Å². The molecule has 1 heterocycles. The Hall–Kier alpha value is -1.74. The first-order valence-electron chi connectivity index (χ1n) is 5.32. The highest BCUT2D eigenvalue weighted by Gasteiger charge is 2.06. The van der Waals surface area contributed by atoms with Crippen molar-refractivity contribution in [1.82, 2.24) is 4.98 Å². The number of benzene rings is 1. The van der Waals surface area contributed by atoms with Crippen LogP contribution in [0.15, 0.2) is 30.5 Å². The molecule has 0 amide bonds. The predicted molar refractivity (Wildman–Crippen MR) is 72.9 cm³/mol. The Labute approximate surface area is 106 Å². The molecular formula is C13H14ClN3. The van der Waals surface area contributed by atoms with Gasteiger partial charge in [0.05, 0.1) is 10.7 Å². The van der Waals surface area contributed by atoms with E-state index in [0.717, 1.165) is 16.8 Å². The number of para-hydroxylation sites is 1. The fourth-order valence-corrected chi connectivity index (χ4v) is 1.86. The SMILES string of the molecule is Cc1cccc(C)c1Nc1ncc(Cl)cc1N. The molecule has 3 N–H and O–H groups in total. The number of anilines is 3. The fourth-order valence-electron chi connectivity index (χ4n) is 1.69. The largest absolute Gasteiger partial charge is 0.396 e. The summed E-state index contributed by atoms with van der Waals surface area (Å²) in [7, 11) is 0. The summed E-state index contributed by atoms with van der Waals surface area (Å²) in [5.41, 5.74) is 9.75. The highest BCUT2D eigenvalue weighted by molar-refractivity contribution is 6.30. The average molecular weight is 248 g/mol. The molecule has 1 aromatic heterocycles. The zero-order chi connectivity index (χ0) is 12.4. The molecule has 88 valence electrons. The van der Waals surface area contributed by atoms with Crippen LogP contribution in [-0.2, 0) is 0 Å². The van der Waals surface area contributed by atoms with Gasteiger partial charge in [0.2, 0.25) is 0 Å². The number of hydrogen-bond donors (Lipinski definition) is 2. The lowest BCUT2D eigenvalue weighted by atomic mass is 10.1. The number of aryl methyl sites for hydroxylation is 2. The van der Waals surface area contributed by atoms with Gasteiger partial charge in [0, 0.05) is 11.9 Å². The maximum atomic E-state index is 5.86. The van der Waals surface area contributed by atoms with E-state index >= 15 is 0 Å². The Bertz CT molecular complexity index is 532. The molecule has 0 spiro atoms. The summed E-state index contributed by atoms with van der Waals surface area (Å²) in [4.78, 5) is 4.19. The number of nitrogen functional groups attached to an aromatic ring is 1. The molecule has 0 aliphatic heterocycles. The fraction of sp³-hybridized carbons (Fsp3) is 0.154. The van der Waals surface area contributed by atoms with Crippen molar-refractivity contribution < 1.29 is 0 Å². The van der Waals surface area contributed by atoms with Crippen LogP contribution in [0.3, 0.4) is 0 Å². The number of nitrogens with zero attached hydrogens (tertiary/aromatic N) is 1. The van der Waals surface area contributed by atoms with Crippen LogP contribution >= 0.6 is 11.6 Å². The summed E-state index contributed by atoms with van der Waals surface area (Å²) in [6.45, 7) is 4.09. The first kappa shape index (κ1) is 11.7. The van der Waals surface area contributed by atoms with E-state index in [0.29, 0.717) is 16.5 Å². The van der Waals surface area contributed by atoms with Crippen molar-refractivity contribution in [3.05, 3.63) is 46.6 Å². The number of pyridine rings is 1. The maximum Gasteiger partial charge on any atom is 0.153 e. The molecule has 0 radical (unpaired) electrons. The number of halogens is 1. The molecule has 2 rings (SSSR count). The normalized spacial score (nSPS) is 10.3. The number of aromatic nitrogens is 1. The number of nitrogens with one attached hydrogen (secondary N) is 1. The van der Waals surface area contributed by atoms with E-state index in [1.807, 2.05) is 32.0 Å². The minimum Gasteiger partial charge on any atom is -0.396 e. The van der Waals surface area contributed by atoms with Gasteiger partial charge in [-0.05, 0) is 31.0 Å². The third-order valence-corrected chi connectivity index (χ3v) is 2.82. The monoisotopic (exact) mass is 247 g/mol. The Morgan fingerprint density at radius 2 is 1.88 bits per heavy atom. The predicted octanol–water partition coefficient (Wildman–Crippen LogP) is 3.68. The molecule has 0 bridgehead atoms. The van der Waals surface area contributed by atoms with Crippen molar-refractivity contribution in [2.24, 2.45) is 0 Å². The highest BCUT2D eigenvalue weighted by Crippen LogP contribution is 2.27. The summed E-state index contributed by atoms with van der Waals surface area (Å²) in [5.74, 6) is 0.631. The van der Waals surface area contributed by atoms with Gasteiger partial charge in [-0.1, -0.05) is 29.8 Å². The Balaban J connectivity index is 2.38. The average Bonchev–Trinajstić information content (AvgIpc) is 2.26. The summed E-state index contributed by atoms with van der Waals surface area (Å²) < 4.78 is 0. The third-order valence-electron chi connectivity index (χ3n) is 2.61. The molecule has 4 heteroatoms. The van der Waals surface area contributed by atoms with Crippen LogP contribution in [0.1, 0.15) is 11.1 Å². The lowest BCUT2D eigenvalue weighted by Gasteiger charge is -2.13. The molecule has 3 nitrogen and oxygen atoms in total. The first-order valence-corrected chi connectivity index (χ1v) is 5.70. The van der Waals surface area contributed by atoms with Crippen LogP contribution in [-0.4, -0.2) is 4.98 Å². The van der Waals surface area contributed by atoms with Crippen molar-refractivity contribution in [3.8, 4) is 0 Å². The first-order chi connectivity index (χ1) is 8.08. The zero-order valence-corrected chi connectivity index (χ0v) is 10.5. The van der Waals surface area contributed by atoms with Crippen LogP contribution in [0.25, 0.3) is 0 Å². The molecule has 0 fully saturated rings. The molecule has 1 aromatic carbocycles. The second-order valence-electron chi connectivity index (χ2n) is 3.98. The van der Waals surface area contributed by atoms with Crippen LogP contribution in [0, 0.1) is 13.8 Å². The number of nitrogens with two attached hydrogens (primary N) is 1. The summed E-state index contributed by atoms with van der Waals surface area (Å²) in [6.07, 6.45) is 1.58. The lowest BCUT2D eigenvalue weighted by molar-refractivity contribution is 1.28. The minimum absolute atomic E-state index is 0.537. The van der Waals surface area contributed by atoms with Crippen molar-refractivity contribution in [1.29, 1.82) is 0 Å². The molecule has 0 atom stereocenters. The van der Waals surface area contributed by atoms with Gasteiger partial charge in [-0.2, -0.15) is 0 Å². The quantitative estimate of drug-likeness (QED) is 0.851. The molecule has 0 unspecified atom stereocenters. The van der Waals surface area contributed by atoms with Crippen LogP contribution in [0.2, 0.25) is 5.02 Å². The molecule has 0 aliphatic carbocycles. The van der Waals surface area contributed by atoms with Crippen LogP contribution < -0.4 is 11.1 Å². The van der Waals surface area contributed by atoms with Gasteiger partial charge in [-0.15, -0.1) is 0 Å².